The molecular formula is C23H25FN2O3. The molecule has 3 rings (SSSR count). The summed E-state index contributed by atoms with van der Waals surface area (Å²) in [4.78, 5) is 13.2. The van der Waals surface area contributed by atoms with Gasteiger partial charge in [0.15, 0.2) is 5.75 Å². The van der Waals surface area contributed by atoms with Gasteiger partial charge in [-0.2, -0.15) is 9.78 Å². The van der Waals surface area contributed by atoms with E-state index in [4.69, 9.17) is 4.74 Å². The Labute approximate surface area is 169 Å². The van der Waals surface area contributed by atoms with Gasteiger partial charge >= 0.3 is 5.56 Å². The number of hydrogen-bond acceptors (Lipinski definition) is 4. The molecule has 0 aliphatic heterocycles. The fraction of sp³-hybridized carbons (Fsp3) is 0.304. The van der Waals surface area contributed by atoms with Crippen molar-refractivity contribution < 1.29 is 14.2 Å². The van der Waals surface area contributed by atoms with Gasteiger partial charge in [0.25, 0.3) is 0 Å². The third-order valence-electron chi connectivity index (χ3n) is 4.64. The number of benzene rings is 2. The Balaban J connectivity index is 2.09. The molecule has 29 heavy (non-hydrogen) atoms. The quantitative estimate of drug-likeness (QED) is 0.678. The normalized spacial score (nSPS) is 11.5. The van der Waals surface area contributed by atoms with Crippen LogP contribution in [-0.4, -0.2) is 27.1 Å². The Morgan fingerprint density at radius 1 is 1.14 bits per heavy atom. The van der Waals surface area contributed by atoms with Gasteiger partial charge in [-0.1, -0.05) is 29.8 Å². The van der Waals surface area contributed by atoms with Crippen LogP contribution in [0.2, 0.25) is 0 Å². The number of rotatable bonds is 6. The summed E-state index contributed by atoms with van der Waals surface area (Å²) in [6, 6.07) is 12.1. The predicted molar refractivity (Wildman–Crippen MR) is 111 cm³/mol. The lowest BCUT2D eigenvalue weighted by Crippen LogP contribution is -2.26. The molecule has 0 unspecified atom stereocenters. The van der Waals surface area contributed by atoms with Crippen LogP contribution < -0.4 is 10.3 Å². The third kappa shape index (κ3) is 4.90. The average Bonchev–Trinajstić information content (AvgIpc) is 2.65. The zero-order chi connectivity index (χ0) is 21.2. The van der Waals surface area contributed by atoms with E-state index in [1.54, 1.807) is 33.0 Å². The summed E-state index contributed by atoms with van der Waals surface area (Å²) in [5, 5.41) is 14.2. The molecule has 0 aliphatic carbocycles. The highest BCUT2D eigenvalue weighted by atomic mass is 19.1. The number of hydrogen-bond donors (Lipinski definition) is 1. The van der Waals surface area contributed by atoms with Crippen LogP contribution >= 0.6 is 0 Å². The predicted octanol–water partition coefficient (Wildman–Crippen LogP) is 4.20. The molecule has 0 spiro atoms. The van der Waals surface area contributed by atoms with Gasteiger partial charge in [-0.3, -0.25) is 4.79 Å². The summed E-state index contributed by atoms with van der Waals surface area (Å²) in [6.07, 6.45) is 1.93. The van der Waals surface area contributed by atoms with Gasteiger partial charge < -0.3 is 9.84 Å². The molecule has 152 valence electrons. The summed E-state index contributed by atoms with van der Waals surface area (Å²) in [7, 11) is 0. The first kappa shape index (κ1) is 20.7. The van der Waals surface area contributed by atoms with Crippen LogP contribution in [0.25, 0.3) is 16.8 Å². The molecule has 0 fully saturated rings. The maximum absolute atomic E-state index is 13.6. The summed E-state index contributed by atoms with van der Waals surface area (Å²) in [5.74, 6) is -0.199. The van der Waals surface area contributed by atoms with Gasteiger partial charge in [0.05, 0.1) is 24.1 Å². The Kier molecular flexibility index (Phi) is 5.84. The van der Waals surface area contributed by atoms with E-state index in [1.807, 2.05) is 31.2 Å². The van der Waals surface area contributed by atoms with Gasteiger partial charge in [-0.05, 0) is 57.0 Å². The molecule has 0 radical (unpaired) electrons. The number of aliphatic hydroxyl groups is 1. The Bertz CT molecular complexity index is 1070. The van der Waals surface area contributed by atoms with E-state index in [0.717, 1.165) is 11.1 Å². The van der Waals surface area contributed by atoms with Crippen molar-refractivity contribution >= 4 is 0 Å². The summed E-state index contributed by atoms with van der Waals surface area (Å²) >= 11 is 0. The van der Waals surface area contributed by atoms with Gasteiger partial charge in [0, 0.05) is 12.0 Å². The molecule has 0 amide bonds. The largest absolute Gasteiger partial charge is 0.487 e. The highest BCUT2D eigenvalue weighted by Crippen LogP contribution is 2.27. The van der Waals surface area contributed by atoms with Crippen LogP contribution in [0, 0.1) is 19.7 Å². The third-order valence-corrected chi connectivity index (χ3v) is 4.64. The lowest BCUT2D eigenvalue weighted by molar-refractivity contribution is 0.0551. The van der Waals surface area contributed by atoms with E-state index in [0.29, 0.717) is 23.2 Å². The first-order valence-corrected chi connectivity index (χ1v) is 9.47. The second kappa shape index (κ2) is 8.17. The molecule has 5 nitrogen and oxygen atoms in total. The Morgan fingerprint density at radius 2 is 1.83 bits per heavy atom. The van der Waals surface area contributed by atoms with E-state index in [1.165, 1.54) is 16.8 Å². The van der Waals surface area contributed by atoms with Gasteiger partial charge in [-0.25, -0.2) is 4.39 Å². The molecule has 1 heterocycles. The van der Waals surface area contributed by atoms with Crippen molar-refractivity contribution in [1.29, 1.82) is 0 Å². The maximum atomic E-state index is 13.6. The van der Waals surface area contributed by atoms with E-state index in [9.17, 15) is 14.3 Å². The molecule has 0 saturated heterocycles. The first-order chi connectivity index (χ1) is 13.7. The van der Waals surface area contributed by atoms with E-state index in [2.05, 4.69) is 5.10 Å². The van der Waals surface area contributed by atoms with E-state index in [-0.39, 0.29) is 18.2 Å². The first-order valence-electron chi connectivity index (χ1n) is 9.47. The maximum Gasteiger partial charge on any atom is 0.314 e. The number of aryl methyl sites for hydroxylation is 2. The van der Waals surface area contributed by atoms with E-state index < -0.39 is 11.2 Å². The Morgan fingerprint density at radius 3 is 2.45 bits per heavy atom. The molecule has 0 saturated carbocycles. The van der Waals surface area contributed by atoms with Crippen molar-refractivity contribution in [2.24, 2.45) is 0 Å². The second-order valence-electron chi connectivity index (χ2n) is 7.81. The number of aromatic nitrogens is 2. The highest BCUT2D eigenvalue weighted by Gasteiger charge is 2.18. The van der Waals surface area contributed by atoms with Crippen molar-refractivity contribution in [3.8, 4) is 22.6 Å². The summed E-state index contributed by atoms with van der Waals surface area (Å²) in [5.41, 5.74) is 2.00. The highest BCUT2D eigenvalue weighted by molar-refractivity contribution is 5.69. The van der Waals surface area contributed by atoms with Gasteiger partial charge in [-0.15, -0.1) is 0 Å². The standard InChI is InChI=1S/C23H25FN2O3/c1-15-5-7-17(8-6-15)19-14-25-26(18-9-10-20(24)16(2)13-18)22(27)21(19)29-12-11-23(3,4)28/h5-10,13-14,28H,11-12H2,1-4H3. The van der Waals surface area contributed by atoms with Crippen LogP contribution in [0.15, 0.2) is 53.5 Å². The van der Waals surface area contributed by atoms with Gasteiger partial charge in [0.2, 0.25) is 0 Å². The van der Waals surface area contributed by atoms with Crippen LogP contribution in [0.5, 0.6) is 5.75 Å². The van der Waals surface area contributed by atoms with Crippen LogP contribution in [0.1, 0.15) is 31.4 Å². The van der Waals surface area contributed by atoms with Crippen LogP contribution in [0.4, 0.5) is 4.39 Å². The fourth-order valence-electron chi connectivity index (χ4n) is 2.86. The number of halogens is 1. The average molecular weight is 396 g/mol. The number of nitrogens with zero attached hydrogens (tertiary/aromatic N) is 2. The summed E-state index contributed by atoms with van der Waals surface area (Å²) in [6.45, 7) is 7.15. The van der Waals surface area contributed by atoms with Crippen LogP contribution in [-0.2, 0) is 0 Å². The zero-order valence-electron chi connectivity index (χ0n) is 17.1. The molecule has 0 aliphatic rings. The molecule has 1 aromatic heterocycles. The molecule has 0 atom stereocenters. The minimum Gasteiger partial charge on any atom is -0.487 e. The smallest absolute Gasteiger partial charge is 0.314 e. The SMILES string of the molecule is Cc1ccc(-c2cnn(-c3ccc(F)c(C)c3)c(=O)c2OCCC(C)(C)O)cc1. The topological polar surface area (TPSA) is 64.4 Å². The van der Waals surface area contributed by atoms with Gasteiger partial charge in [0.1, 0.15) is 5.82 Å². The van der Waals surface area contributed by atoms with E-state index >= 15 is 0 Å². The monoisotopic (exact) mass is 396 g/mol. The Hall–Kier alpha value is -2.99. The number of ether oxygens (including phenoxy) is 1. The lowest BCUT2D eigenvalue weighted by atomic mass is 10.1. The van der Waals surface area contributed by atoms with Crippen molar-refractivity contribution in [2.45, 2.75) is 39.7 Å². The van der Waals surface area contributed by atoms with Crippen molar-refractivity contribution in [3.05, 3.63) is 76.0 Å². The van der Waals surface area contributed by atoms with Crippen molar-refractivity contribution in [2.75, 3.05) is 6.61 Å². The molecule has 6 heteroatoms. The fourth-order valence-corrected chi connectivity index (χ4v) is 2.86. The molecule has 0 bridgehead atoms. The molecule has 1 N–H and O–H groups in total. The van der Waals surface area contributed by atoms with Crippen molar-refractivity contribution in [1.82, 2.24) is 9.78 Å². The minimum atomic E-state index is -0.913. The molecule has 3 aromatic rings. The van der Waals surface area contributed by atoms with Crippen LogP contribution in [0.3, 0.4) is 0 Å². The molecule has 2 aromatic carbocycles. The minimum absolute atomic E-state index is 0.148. The second-order valence-corrected chi connectivity index (χ2v) is 7.81. The zero-order valence-corrected chi connectivity index (χ0v) is 17.1. The lowest BCUT2D eigenvalue weighted by Gasteiger charge is -2.18. The van der Waals surface area contributed by atoms with Crippen molar-refractivity contribution in [3.63, 3.8) is 0 Å². The summed E-state index contributed by atoms with van der Waals surface area (Å²) < 4.78 is 20.7. The molecular weight excluding hydrogens is 371 g/mol.